The molecule has 0 saturated heterocycles. The van der Waals surface area contributed by atoms with Crippen LogP contribution in [0.15, 0.2) is 12.3 Å². The van der Waals surface area contributed by atoms with E-state index in [0.29, 0.717) is 12.6 Å². The van der Waals surface area contributed by atoms with E-state index in [4.69, 9.17) is 9.53 Å². The maximum atomic E-state index is 12.8. The number of unbranched alkanes of at least 4 members (excludes halogenated alkanes) is 19. The molecule has 0 saturated carbocycles. The van der Waals surface area contributed by atoms with E-state index in [1.54, 1.807) is 0 Å². The van der Waals surface area contributed by atoms with Gasteiger partial charge in [-0.05, 0) is 52.4 Å². The number of nitrogens with zero attached hydrogens (tertiary/aromatic N) is 1. The minimum atomic E-state index is 0.0879. The predicted molar refractivity (Wildman–Crippen MR) is 194 cm³/mol. The molecule has 2 unspecified atom stereocenters. The summed E-state index contributed by atoms with van der Waals surface area (Å²) in [6, 6.07) is 0.605. The van der Waals surface area contributed by atoms with Crippen LogP contribution in [0.1, 0.15) is 208 Å². The van der Waals surface area contributed by atoms with Crippen molar-refractivity contribution in [1.29, 1.82) is 0 Å². The Morgan fingerprint density at radius 1 is 0.568 bits per heavy atom. The van der Waals surface area contributed by atoms with Crippen LogP contribution in [0, 0.1) is 5.92 Å². The van der Waals surface area contributed by atoms with Crippen molar-refractivity contribution in [3.8, 4) is 0 Å². The SMILES string of the molecule is C=C(CCCCCCCC)N(CC)C(C)CCCCCCCCCOC(=O)C(CCCCCC)CCCCCCCC.C=O. The summed E-state index contributed by atoms with van der Waals surface area (Å²) in [7, 11) is 0. The Morgan fingerprint density at radius 2 is 0.955 bits per heavy atom. The first kappa shape index (κ1) is 44.8. The minimum absolute atomic E-state index is 0.0879. The van der Waals surface area contributed by atoms with E-state index in [-0.39, 0.29) is 11.9 Å². The van der Waals surface area contributed by atoms with Crippen molar-refractivity contribution in [2.45, 2.75) is 214 Å². The van der Waals surface area contributed by atoms with Crippen LogP contribution in [-0.4, -0.2) is 36.9 Å². The quantitative estimate of drug-likeness (QED) is 0.0540. The van der Waals surface area contributed by atoms with Crippen LogP contribution in [0.3, 0.4) is 0 Å². The molecule has 0 bridgehead atoms. The molecule has 0 radical (unpaired) electrons. The van der Waals surface area contributed by atoms with Crippen molar-refractivity contribution in [2.75, 3.05) is 13.2 Å². The van der Waals surface area contributed by atoms with Gasteiger partial charge in [0.05, 0.1) is 12.5 Å². The summed E-state index contributed by atoms with van der Waals surface area (Å²) >= 11 is 0. The molecule has 0 N–H and O–H groups in total. The van der Waals surface area contributed by atoms with Gasteiger partial charge < -0.3 is 14.4 Å². The molecule has 2 atom stereocenters. The maximum Gasteiger partial charge on any atom is 0.308 e. The number of hydrogen-bond acceptors (Lipinski definition) is 4. The fourth-order valence-electron chi connectivity index (χ4n) is 6.34. The first-order valence-corrected chi connectivity index (χ1v) is 19.4. The van der Waals surface area contributed by atoms with Crippen LogP contribution in [0.5, 0.6) is 0 Å². The molecule has 0 fully saturated rings. The lowest BCUT2D eigenvalue weighted by atomic mass is 9.94. The summed E-state index contributed by atoms with van der Waals surface area (Å²) in [4.78, 5) is 23.4. The normalized spacial score (nSPS) is 12.3. The topological polar surface area (TPSA) is 46.6 Å². The third-order valence-corrected chi connectivity index (χ3v) is 9.25. The van der Waals surface area contributed by atoms with Crippen LogP contribution in [0.25, 0.3) is 0 Å². The fraction of sp³-hybridized carbons (Fsp3) is 0.900. The van der Waals surface area contributed by atoms with Crippen LogP contribution >= 0.6 is 0 Å². The van der Waals surface area contributed by atoms with Crippen molar-refractivity contribution in [3.05, 3.63) is 12.3 Å². The van der Waals surface area contributed by atoms with E-state index in [2.05, 4.69) is 46.1 Å². The standard InChI is InChI=1S/C39H77NO2.CH2O/c1-7-11-14-17-22-26-31-36(5)40(10-4)37(6)32-27-23-20-19-21-25-30-35-42-39(41)38(33-28-16-13-9-3)34-29-24-18-15-12-8-2;1-2/h37-38H,5,7-35H2,1-4,6H3;1H2. The summed E-state index contributed by atoms with van der Waals surface area (Å²) in [6.07, 6.45) is 34.1. The minimum Gasteiger partial charge on any atom is -0.465 e. The molecule has 0 aromatic carbocycles. The first-order chi connectivity index (χ1) is 21.5. The van der Waals surface area contributed by atoms with E-state index in [0.717, 1.165) is 25.8 Å². The molecule has 0 rings (SSSR count). The highest BCUT2D eigenvalue weighted by Gasteiger charge is 2.19. The highest BCUT2D eigenvalue weighted by Crippen LogP contribution is 2.22. The third kappa shape index (κ3) is 28.2. The highest BCUT2D eigenvalue weighted by molar-refractivity contribution is 5.72. The second kappa shape index (κ2) is 36.2. The molecule has 0 spiro atoms. The van der Waals surface area contributed by atoms with Gasteiger partial charge in [0.2, 0.25) is 0 Å². The Hall–Kier alpha value is -1.32. The predicted octanol–water partition coefficient (Wildman–Crippen LogP) is 12.8. The van der Waals surface area contributed by atoms with E-state index < -0.39 is 0 Å². The van der Waals surface area contributed by atoms with E-state index in [1.165, 1.54) is 160 Å². The van der Waals surface area contributed by atoms with Gasteiger partial charge >= 0.3 is 5.97 Å². The number of esters is 1. The number of carbonyl (C=O) groups is 2. The molecule has 0 aromatic heterocycles. The van der Waals surface area contributed by atoms with E-state index >= 15 is 0 Å². The number of ether oxygens (including phenoxy) is 1. The van der Waals surface area contributed by atoms with Crippen LogP contribution in [-0.2, 0) is 14.3 Å². The Labute approximate surface area is 276 Å². The van der Waals surface area contributed by atoms with Crippen molar-refractivity contribution in [1.82, 2.24) is 4.90 Å². The van der Waals surface area contributed by atoms with Gasteiger partial charge in [-0.3, -0.25) is 4.79 Å². The van der Waals surface area contributed by atoms with Gasteiger partial charge in [-0.25, -0.2) is 0 Å². The smallest absolute Gasteiger partial charge is 0.308 e. The largest absolute Gasteiger partial charge is 0.465 e. The molecule has 262 valence electrons. The number of hydrogen-bond donors (Lipinski definition) is 0. The Morgan fingerprint density at radius 3 is 1.43 bits per heavy atom. The number of rotatable bonds is 33. The molecule has 44 heavy (non-hydrogen) atoms. The molecule has 0 amide bonds. The lowest BCUT2D eigenvalue weighted by molar-refractivity contribution is -0.149. The highest BCUT2D eigenvalue weighted by atomic mass is 16.5. The molecule has 4 nitrogen and oxygen atoms in total. The van der Waals surface area contributed by atoms with Crippen molar-refractivity contribution in [2.24, 2.45) is 5.92 Å². The first-order valence-electron chi connectivity index (χ1n) is 19.4. The number of allylic oxidation sites excluding steroid dienone is 1. The lowest BCUT2D eigenvalue weighted by Gasteiger charge is -2.32. The van der Waals surface area contributed by atoms with E-state index in [1.807, 2.05) is 6.79 Å². The monoisotopic (exact) mass is 622 g/mol. The number of carbonyl (C=O) groups excluding carboxylic acids is 2. The van der Waals surface area contributed by atoms with Gasteiger partial charge in [-0.2, -0.15) is 0 Å². The zero-order valence-electron chi connectivity index (χ0n) is 30.7. The van der Waals surface area contributed by atoms with Crippen LogP contribution in [0.2, 0.25) is 0 Å². The maximum absolute atomic E-state index is 12.8. The third-order valence-electron chi connectivity index (χ3n) is 9.25. The molecular formula is C40H79NO3. The molecule has 0 aliphatic rings. The average Bonchev–Trinajstić information content (AvgIpc) is 3.03. The average molecular weight is 622 g/mol. The summed E-state index contributed by atoms with van der Waals surface area (Å²) in [5, 5.41) is 0. The summed E-state index contributed by atoms with van der Waals surface area (Å²) in [5.74, 6) is 0.219. The van der Waals surface area contributed by atoms with Gasteiger partial charge in [-0.1, -0.05) is 162 Å². The summed E-state index contributed by atoms with van der Waals surface area (Å²) < 4.78 is 5.78. The van der Waals surface area contributed by atoms with Crippen LogP contribution in [0.4, 0.5) is 0 Å². The summed E-state index contributed by atoms with van der Waals surface area (Å²) in [6.45, 7) is 19.6. The molecule has 0 aromatic rings. The van der Waals surface area contributed by atoms with Crippen molar-refractivity contribution >= 4 is 12.8 Å². The summed E-state index contributed by atoms with van der Waals surface area (Å²) in [5.41, 5.74) is 1.35. The van der Waals surface area contributed by atoms with Gasteiger partial charge in [0, 0.05) is 18.3 Å². The molecule has 4 heteroatoms. The zero-order valence-corrected chi connectivity index (χ0v) is 30.7. The molecule has 0 aliphatic heterocycles. The lowest BCUT2D eigenvalue weighted by Crippen LogP contribution is -2.31. The van der Waals surface area contributed by atoms with Crippen molar-refractivity contribution in [3.63, 3.8) is 0 Å². The van der Waals surface area contributed by atoms with E-state index in [9.17, 15) is 4.79 Å². The molecule has 0 aliphatic carbocycles. The fourth-order valence-corrected chi connectivity index (χ4v) is 6.34. The van der Waals surface area contributed by atoms with Gasteiger partial charge in [0.25, 0.3) is 0 Å². The zero-order chi connectivity index (χ0) is 33.1. The Balaban J connectivity index is 0. The Kier molecular flexibility index (Phi) is 36.8. The van der Waals surface area contributed by atoms with Crippen molar-refractivity contribution < 1.29 is 14.3 Å². The second-order valence-electron chi connectivity index (χ2n) is 13.3. The molecule has 0 heterocycles. The Bertz CT molecular complexity index is 607. The molecular weight excluding hydrogens is 542 g/mol. The second-order valence-corrected chi connectivity index (χ2v) is 13.3. The van der Waals surface area contributed by atoms with Gasteiger partial charge in [-0.15, -0.1) is 0 Å². The van der Waals surface area contributed by atoms with Gasteiger partial charge in [0.15, 0.2) is 0 Å². The van der Waals surface area contributed by atoms with Crippen LogP contribution < -0.4 is 0 Å². The van der Waals surface area contributed by atoms with Gasteiger partial charge in [0.1, 0.15) is 6.79 Å².